The van der Waals surface area contributed by atoms with Crippen molar-refractivity contribution < 1.29 is 0 Å². The lowest BCUT2D eigenvalue weighted by atomic mass is 10.2. The van der Waals surface area contributed by atoms with Crippen LogP contribution in [-0.4, -0.2) is 13.1 Å². The van der Waals surface area contributed by atoms with E-state index in [1.54, 1.807) is 0 Å². The van der Waals surface area contributed by atoms with Gasteiger partial charge < -0.3 is 5.32 Å². The Morgan fingerprint density at radius 2 is 2.10 bits per heavy atom. The molecule has 0 bridgehead atoms. The maximum absolute atomic E-state index is 3.77. The summed E-state index contributed by atoms with van der Waals surface area (Å²) >= 11 is 0. The van der Waals surface area contributed by atoms with E-state index < -0.39 is 0 Å². The highest BCUT2D eigenvalue weighted by atomic mass is 14.8. The van der Waals surface area contributed by atoms with Crippen molar-refractivity contribution in [1.82, 2.24) is 5.32 Å². The largest absolute Gasteiger partial charge is 0.317 e. The Bertz CT molecular complexity index is 76.8. The molecule has 1 saturated carbocycles. The standard InChI is InChI=1S/C9H18N/c1-2-7-10-8-3-4-9-5-6-9/h9-10H,1-8H2. The first kappa shape index (κ1) is 8.06. The molecule has 10 heavy (non-hydrogen) atoms. The molecule has 0 aliphatic heterocycles. The van der Waals surface area contributed by atoms with Gasteiger partial charge in [-0.2, -0.15) is 0 Å². The fraction of sp³-hybridized carbons (Fsp3) is 0.889. The van der Waals surface area contributed by atoms with Crippen molar-refractivity contribution in [2.24, 2.45) is 5.92 Å². The average Bonchev–Trinajstić information content (AvgIpc) is 2.71. The topological polar surface area (TPSA) is 12.0 Å². The minimum absolute atomic E-state index is 1.02. The summed E-state index contributed by atoms with van der Waals surface area (Å²) in [7, 11) is 0. The van der Waals surface area contributed by atoms with E-state index in [9.17, 15) is 0 Å². The van der Waals surface area contributed by atoms with Gasteiger partial charge in [-0.1, -0.05) is 19.8 Å². The number of hydrogen-bond acceptors (Lipinski definition) is 1. The van der Waals surface area contributed by atoms with Gasteiger partial charge in [-0.15, -0.1) is 0 Å². The highest BCUT2D eigenvalue weighted by molar-refractivity contribution is 4.72. The summed E-state index contributed by atoms with van der Waals surface area (Å²) in [6, 6.07) is 0. The molecule has 1 N–H and O–H groups in total. The summed E-state index contributed by atoms with van der Waals surface area (Å²) in [5, 5.41) is 3.36. The van der Waals surface area contributed by atoms with Crippen molar-refractivity contribution in [1.29, 1.82) is 0 Å². The zero-order chi connectivity index (χ0) is 7.23. The van der Waals surface area contributed by atoms with E-state index in [2.05, 4.69) is 12.2 Å². The van der Waals surface area contributed by atoms with Crippen molar-refractivity contribution in [3.8, 4) is 0 Å². The van der Waals surface area contributed by atoms with Gasteiger partial charge in [0.2, 0.25) is 0 Å². The zero-order valence-electron chi connectivity index (χ0n) is 6.73. The minimum atomic E-state index is 1.02. The predicted molar refractivity (Wildman–Crippen MR) is 44.8 cm³/mol. The van der Waals surface area contributed by atoms with Crippen LogP contribution >= 0.6 is 0 Å². The molecule has 0 heterocycles. The van der Waals surface area contributed by atoms with Gasteiger partial charge in [0.15, 0.2) is 0 Å². The van der Waals surface area contributed by atoms with Crippen LogP contribution in [0.15, 0.2) is 0 Å². The number of nitrogens with one attached hydrogen (secondary N) is 1. The van der Waals surface area contributed by atoms with Gasteiger partial charge in [-0.25, -0.2) is 0 Å². The molecule has 0 amide bonds. The Morgan fingerprint density at radius 3 is 2.70 bits per heavy atom. The van der Waals surface area contributed by atoms with Gasteiger partial charge in [0, 0.05) is 0 Å². The van der Waals surface area contributed by atoms with E-state index >= 15 is 0 Å². The lowest BCUT2D eigenvalue weighted by Crippen LogP contribution is -2.15. The van der Waals surface area contributed by atoms with Gasteiger partial charge in [0.25, 0.3) is 0 Å². The molecular formula is C9H18N. The third-order valence-corrected chi connectivity index (χ3v) is 2.02. The van der Waals surface area contributed by atoms with Crippen molar-refractivity contribution in [2.45, 2.75) is 32.1 Å². The molecule has 1 heteroatoms. The monoisotopic (exact) mass is 140 g/mol. The molecule has 1 aliphatic rings. The lowest BCUT2D eigenvalue weighted by molar-refractivity contribution is 0.597. The number of rotatable bonds is 6. The zero-order valence-corrected chi connectivity index (χ0v) is 6.73. The van der Waals surface area contributed by atoms with Crippen LogP contribution in [0, 0.1) is 12.8 Å². The highest BCUT2D eigenvalue weighted by Gasteiger charge is 2.19. The average molecular weight is 140 g/mol. The van der Waals surface area contributed by atoms with Crippen molar-refractivity contribution in [2.75, 3.05) is 13.1 Å². The van der Waals surface area contributed by atoms with Crippen LogP contribution in [0.5, 0.6) is 0 Å². The summed E-state index contributed by atoms with van der Waals surface area (Å²) in [5.74, 6) is 1.10. The molecule has 1 fully saturated rings. The molecule has 1 radical (unpaired) electrons. The van der Waals surface area contributed by atoms with Gasteiger partial charge in [0.1, 0.15) is 0 Å². The van der Waals surface area contributed by atoms with Crippen molar-refractivity contribution in [3.63, 3.8) is 0 Å². The molecule has 1 aliphatic carbocycles. The van der Waals surface area contributed by atoms with Crippen LogP contribution in [0.2, 0.25) is 0 Å². The van der Waals surface area contributed by atoms with E-state index in [1.807, 2.05) is 0 Å². The van der Waals surface area contributed by atoms with Crippen LogP contribution < -0.4 is 5.32 Å². The van der Waals surface area contributed by atoms with Gasteiger partial charge in [0.05, 0.1) is 0 Å². The second kappa shape index (κ2) is 4.73. The van der Waals surface area contributed by atoms with Crippen LogP contribution in [0.1, 0.15) is 32.1 Å². The molecule has 1 rings (SSSR count). The minimum Gasteiger partial charge on any atom is -0.317 e. The normalized spacial score (nSPS) is 17.7. The first-order chi connectivity index (χ1) is 4.93. The van der Waals surface area contributed by atoms with E-state index in [1.165, 1.54) is 32.2 Å². The van der Waals surface area contributed by atoms with Crippen molar-refractivity contribution in [3.05, 3.63) is 6.92 Å². The fourth-order valence-corrected chi connectivity index (χ4v) is 1.17. The van der Waals surface area contributed by atoms with E-state index in [4.69, 9.17) is 0 Å². The summed E-state index contributed by atoms with van der Waals surface area (Å²) < 4.78 is 0. The van der Waals surface area contributed by atoms with Gasteiger partial charge in [-0.05, 0) is 38.3 Å². The van der Waals surface area contributed by atoms with E-state index in [0.717, 1.165) is 18.9 Å². The molecule has 0 aromatic carbocycles. The Balaban J connectivity index is 1.68. The summed E-state index contributed by atoms with van der Waals surface area (Å²) in [6.45, 7) is 6.06. The van der Waals surface area contributed by atoms with Crippen LogP contribution in [0.25, 0.3) is 0 Å². The molecule has 0 unspecified atom stereocenters. The first-order valence-corrected chi connectivity index (χ1v) is 4.43. The fourth-order valence-electron chi connectivity index (χ4n) is 1.17. The Kier molecular flexibility index (Phi) is 3.81. The number of hydrogen-bond donors (Lipinski definition) is 1. The Morgan fingerprint density at radius 1 is 1.30 bits per heavy atom. The van der Waals surface area contributed by atoms with E-state index in [0.29, 0.717) is 0 Å². The molecule has 0 atom stereocenters. The Hall–Kier alpha value is -0.0400. The molecule has 1 nitrogen and oxygen atoms in total. The van der Waals surface area contributed by atoms with Crippen LogP contribution in [0.3, 0.4) is 0 Å². The van der Waals surface area contributed by atoms with Gasteiger partial charge >= 0.3 is 0 Å². The predicted octanol–water partition coefficient (Wildman–Crippen LogP) is 1.99. The molecule has 0 saturated heterocycles. The smallest absolute Gasteiger partial charge is 0.00488 e. The Labute approximate surface area is 64.2 Å². The molecule has 0 aromatic heterocycles. The second-order valence-electron chi connectivity index (χ2n) is 3.19. The third kappa shape index (κ3) is 3.89. The third-order valence-electron chi connectivity index (χ3n) is 2.02. The second-order valence-corrected chi connectivity index (χ2v) is 3.19. The first-order valence-electron chi connectivity index (χ1n) is 4.43. The maximum atomic E-state index is 3.77. The molecule has 59 valence electrons. The summed E-state index contributed by atoms with van der Waals surface area (Å²) in [4.78, 5) is 0. The molecule has 0 spiro atoms. The quantitative estimate of drug-likeness (QED) is 0.556. The summed E-state index contributed by atoms with van der Waals surface area (Å²) in [6.07, 6.45) is 6.82. The molecule has 0 aromatic rings. The van der Waals surface area contributed by atoms with Crippen LogP contribution in [-0.2, 0) is 0 Å². The SMILES string of the molecule is [CH2]CCNCCCC1CC1. The molecular weight excluding hydrogens is 122 g/mol. The van der Waals surface area contributed by atoms with Crippen molar-refractivity contribution >= 4 is 0 Å². The maximum Gasteiger partial charge on any atom is -0.00488 e. The summed E-state index contributed by atoms with van der Waals surface area (Å²) in [5.41, 5.74) is 0. The highest BCUT2D eigenvalue weighted by Crippen LogP contribution is 2.33. The van der Waals surface area contributed by atoms with E-state index in [-0.39, 0.29) is 0 Å². The lowest BCUT2D eigenvalue weighted by Gasteiger charge is -2.00. The van der Waals surface area contributed by atoms with Crippen LogP contribution in [0.4, 0.5) is 0 Å². The van der Waals surface area contributed by atoms with Gasteiger partial charge in [-0.3, -0.25) is 0 Å².